The molecule has 33 heavy (non-hydrogen) atoms. The van der Waals surface area contributed by atoms with Crippen LogP contribution in [0.25, 0.3) is 5.65 Å². The second-order valence-corrected chi connectivity index (χ2v) is 8.98. The number of hydrogen-bond donors (Lipinski definition) is 2. The molecule has 174 valence electrons. The molecule has 0 saturated carbocycles. The van der Waals surface area contributed by atoms with E-state index in [1.165, 1.54) is 31.0 Å². The largest absolute Gasteiger partial charge is 0.365 e. The number of aryl methyl sites for hydroxylation is 2. The normalized spacial score (nSPS) is 16.8. The van der Waals surface area contributed by atoms with Crippen LogP contribution in [0.15, 0.2) is 30.5 Å². The number of benzene rings is 1. The molecule has 1 fully saturated rings. The lowest BCUT2D eigenvalue weighted by Gasteiger charge is -2.33. The summed E-state index contributed by atoms with van der Waals surface area (Å²) in [6.45, 7) is 8.19. The maximum atomic E-state index is 12.6. The van der Waals surface area contributed by atoms with Crippen LogP contribution in [0.5, 0.6) is 0 Å². The zero-order chi connectivity index (χ0) is 23.5. The lowest BCUT2D eigenvalue weighted by atomic mass is 10.0. The number of piperidine rings is 1. The summed E-state index contributed by atoms with van der Waals surface area (Å²) in [4.78, 5) is 31.2. The number of anilines is 1. The minimum atomic E-state index is -0.556. The van der Waals surface area contributed by atoms with Gasteiger partial charge in [0.05, 0.1) is 6.20 Å². The van der Waals surface area contributed by atoms with Crippen molar-refractivity contribution in [1.82, 2.24) is 19.5 Å². The molecular formula is C25H32N6O2. The third-order valence-corrected chi connectivity index (χ3v) is 6.64. The molecule has 1 unspecified atom stereocenters. The SMILES string of the molecule is Cc1nc2c(C(N)=O)cnn2c(C)c1CCC(=O)Nc1ccc(CN2CCCCC2C)cc1. The number of likely N-dealkylation sites (tertiary alicyclic amines) is 1. The lowest BCUT2D eigenvalue weighted by molar-refractivity contribution is -0.116. The Morgan fingerprint density at radius 2 is 1.94 bits per heavy atom. The number of carbonyl (C=O) groups excluding carboxylic acids is 2. The van der Waals surface area contributed by atoms with E-state index >= 15 is 0 Å². The Morgan fingerprint density at radius 1 is 1.18 bits per heavy atom. The van der Waals surface area contributed by atoms with E-state index in [9.17, 15) is 9.59 Å². The average molecular weight is 449 g/mol. The highest BCUT2D eigenvalue weighted by Crippen LogP contribution is 2.21. The fourth-order valence-corrected chi connectivity index (χ4v) is 4.63. The number of nitrogens with two attached hydrogens (primary N) is 1. The van der Waals surface area contributed by atoms with Crippen LogP contribution in [0.2, 0.25) is 0 Å². The topological polar surface area (TPSA) is 106 Å². The molecule has 8 heteroatoms. The molecule has 1 aliphatic rings. The van der Waals surface area contributed by atoms with E-state index in [2.05, 4.69) is 39.4 Å². The van der Waals surface area contributed by atoms with Gasteiger partial charge in [-0.15, -0.1) is 0 Å². The molecule has 1 aromatic carbocycles. The molecule has 3 N–H and O–H groups in total. The molecule has 0 spiro atoms. The number of fused-ring (bicyclic) bond motifs is 1. The van der Waals surface area contributed by atoms with Crippen molar-refractivity contribution >= 4 is 23.1 Å². The third-order valence-electron chi connectivity index (χ3n) is 6.64. The first-order valence-electron chi connectivity index (χ1n) is 11.6. The summed E-state index contributed by atoms with van der Waals surface area (Å²) in [6, 6.07) is 8.76. The zero-order valence-corrected chi connectivity index (χ0v) is 19.6. The number of amides is 2. The number of rotatable bonds is 7. The molecule has 0 aliphatic carbocycles. The molecule has 4 rings (SSSR count). The van der Waals surface area contributed by atoms with E-state index < -0.39 is 5.91 Å². The number of hydrogen-bond acceptors (Lipinski definition) is 5. The van der Waals surface area contributed by atoms with Gasteiger partial charge in [0, 0.05) is 36.1 Å². The summed E-state index contributed by atoms with van der Waals surface area (Å²) >= 11 is 0. The molecule has 1 atom stereocenters. The van der Waals surface area contributed by atoms with Gasteiger partial charge in [0.1, 0.15) is 5.56 Å². The van der Waals surface area contributed by atoms with E-state index in [4.69, 9.17) is 5.73 Å². The van der Waals surface area contributed by atoms with Crippen molar-refractivity contribution in [2.24, 2.45) is 5.73 Å². The molecule has 3 aromatic rings. The van der Waals surface area contributed by atoms with Gasteiger partial charge in [-0.25, -0.2) is 9.50 Å². The van der Waals surface area contributed by atoms with Gasteiger partial charge in [-0.1, -0.05) is 18.6 Å². The number of carbonyl (C=O) groups is 2. The van der Waals surface area contributed by atoms with Crippen LogP contribution in [0.1, 0.15) is 65.5 Å². The molecule has 0 radical (unpaired) electrons. The fourth-order valence-electron chi connectivity index (χ4n) is 4.63. The van der Waals surface area contributed by atoms with Crippen molar-refractivity contribution in [2.75, 3.05) is 11.9 Å². The van der Waals surface area contributed by atoms with E-state index in [1.54, 1.807) is 4.52 Å². The maximum Gasteiger partial charge on any atom is 0.254 e. The Bertz CT molecular complexity index is 1170. The number of primary amides is 1. The highest BCUT2D eigenvalue weighted by Gasteiger charge is 2.19. The first-order valence-corrected chi connectivity index (χ1v) is 11.6. The number of aromatic nitrogens is 3. The van der Waals surface area contributed by atoms with E-state index in [-0.39, 0.29) is 5.91 Å². The predicted octanol–water partition coefficient (Wildman–Crippen LogP) is 3.39. The monoisotopic (exact) mass is 448 g/mol. The van der Waals surface area contributed by atoms with Gasteiger partial charge in [-0.2, -0.15) is 5.10 Å². The second kappa shape index (κ2) is 9.70. The molecule has 1 aliphatic heterocycles. The highest BCUT2D eigenvalue weighted by atomic mass is 16.2. The maximum absolute atomic E-state index is 12.6. The van der Waals surface area contributed by atoms with Crippen LogP contribution >= 0.6 is 0 Å². The lowest BCUT2D eigenvalue weighted by Crippen LogP contribution is -2.36. The minimum absolute atomic E-state index is 0.0513. The van der Waals surface area contributed by atoms with Gasteiger partial charge in [0.15, 0.2) is 5.65 Å². The smallest absolute Gasteiger partial charge is 0.254 e. The van der Waals surface area contributed by atoms with Crippen molar-refractivity contribution < 1.29 is 9.59 Å². The van der Waals surface area contributed by atoms with E-state index in [0.29, 0.717) is 30.1 Å². The van der Waals surface area contributed by atoms with Crippen LogP contribution in [0, 0.1) is 13.8 Å². The molecule has 0 bridgehead atoms. The summed E-state index contributed by atoms with van der Waals surface area (Å²) in [7, 11) is 0. The number of nitrogens with zero attached hydrogens (tertiary/aromatic N) is 4. The van der Waals surface area contributed by atoms with Crippen molar-refractivity contribution in [3.05, 3.63) is 58.5 Å². The third kappa shape index (κ3) is 5.06. The average Bonchev–Trinajstić information content (AvgIpc) is 3.21. The van der Waals surface area contributed by atoms with Crippen LogP contribution < -0.4 is 11.1 Å². The molecule has 8 nitrogen and oxygen atoms in total. The van der Waals surface area contributed by atoms with E-state index in [1.807, 2.05) is 26.0 Å². The van der Waals surface area contributed by atoms with Gasteiger partial charge < -0.3 is 11.1 Å². The Kier molecular flexibility index (Phi) is 6.74. The summed E-state index contributed by atoms with van der Waals surface area (Å²) in [5, 5.41) is 7.23. The van der Waals surface area contributed by atoms with Gasteiger partial charge in [0.25, 0.3) is 5.91 Å². The molecule has 3 heterocycles. The fraction of sp³-hybridized carbons (Fsp3) is 0.440. The number of nitrogens with one attached hydrogen (secondary N) is 1. The van der Waals surface area contributed by atoms with Crippen LogP contribution in [-0.4, -0.2) is 43.9 Å². The first kappa shape index (κ1) is 22.9. The Hall–Kier alpha value is -3.26. The first-order chi connectivity index (χ1) is 15.8. The Labute approximate surface area is 194 Å². The summed E-state index contributed by atoms with van der Waals surface area (Å²) in [5.74, 6) is -0.607. The van der Waals surface area contributed by atoms with Crippen LogP contribution in [0.4, 0.5) is 5.69 Å². The summed E-state index contributed by atoms with van der Waals surface area (Å²) in [6.07, 6.45) is 6.15. The molecule has 2 aromatic heterocycles. The van der Waals surface area contributed by atoms with Crippen LogP contribution in [-0.2, 0) is 17.8 Å². The van der Waals surface area contributed by atoms with E-state index in [0.717, 1.165) is 35.7 Å². The van der Waals surface area contributed by atoms with Crippen molar-refractivity contribution in [3.8, 4) is 0 Å². The predicted molar refractivity (Wildman–Crippen MR) is 128 cm³/mol. The van der Waals surface area contributed by atoms with Crippen molar-refractivity contribution in [1.29, 1.82) is 0 Å². The zero-order valence-electron chi connectivity index (χ0n) is 19.6. The van der Waals surface area contributed by atoms with Gasteiger partial charge in [-0.05, 0) is 69.8 Å². The quantitative estimate of drug-likeness (QED) is 0.576. The summed E-state index contributed by atoms with van der Waals surface area (Å²) in [5.41, 5.74) is 10.8. The van der Waals surface area contributed by atoms with Crippen molar-refractivity contribution in [2.45, 2.75) is 65.5 Å². The van der Waals surface area contributed by atoms with Crippen molar-refractivity contribution in [3.63, 3.8) is 0 Å². The minimum Gasteiger partial charge on any atom is -0.365 e. The standard InChI is InChI=1S/C25H32N6O2/c1-16-6-4-5-13-30(16)15-19-7-9-20(10-8-19)29-23(32)12-11-21-17(2)28-25-22(24(26)33)14-27-31(25)18(21)3/h7-10,14,16H,4-6,11-13,15H2,1-3H3,(H2,26,33)(H,29,32). The molecule has 2 amide bonds. The van der Waals surface area contributed by atoms with Gasteiger partial charge in [0.2, 0.25) is 5.91 Å². The summed E-state index contributed by atoms with van der Waals surface area (Å²) < 4.78 is 1.61. The molecular weight excluding hydrogens is 416 g/mol. The Morgan fingerprint density at radius 3 is 2.64 bits per heavy atom. The second-order valence-electron chi connectivity index (χ2n) is 8.98. The van der Waals surface area contributed by atoms with Gasteiger partial charge >= 0.3 is 0 Å². The van der Waals surface area contributed by atoms with Crippen LogP contribution in [0.3, 0.4) is 0 Å². The Balaban J connectivity index is 1.36. The highest BCUT2D eigenvalue weighted by molar-refractivity contribution is 5.98. The van der Waals surface area contributed by atoms with Gasteiger partial charge in [-0.3, -0.25) is 14.5 Å². The molecule has 1 saturated heterocycles.